The molecule has 0 saturated carbocycles. The largest absolute Gasteiger partial charge is 0.496 e. The summed E-state index contributed by atoms with van der Waals surface area (Å²) in [5.74, 6) is 0.977. The molecule has 1 unspecified atom stereocenters. The molecule has 1 heterocycles. The van der Waals surface area contributed by atoms with Crippen molar-refractivity contribution < 1.29 is 4.74 Å². The quantitative estimate of drug-likeness (QED) is 0.869. The highest BCUT2D eigenvalue weighted by Gasteiger charge is 2.32. The Morgan fingerprint density at radius 3 is 2.86 bits per heavy atom. The van der Waals surface area contributed by atoms with E-state index in [0.717, 1.165) is 29.9 Å². The summed E-state index contributed by atoms with van der Waals surface area (Å²) in [5, 5.41) is 3.67. The minimum Gasteiger partial charge on any atom is -0.496 e. The molecule has 1 aromatic rings. The minimum atomic E-state index is 0.170. The second kappa shape index (κ2) is 7.12. The molecule has 21 heavy (non-hydrogen) atoms. The number of hydrogen-bond acceptors (Lipinski definition) is 3. The number of benzene rings is 1. The van der Waals surface area contributed by atoms with Gasteiger partial charge in [0.2, 0.25) is 0 Å². The van der Waals surface area contributed by atoms with Gasteiger partial charge in [0.15, 0.2) is 0 Å². The van der Waals surface area contributed by atoms with Crippen LogP contribution in [0, 0.1) is 0 Å². The number of nitrogens with one attached hydrogen (secondary N) is 1. The van der Waals surface area contributed by atoms with E-state index < -0.39 is 0 Å². The number of rotatable bonds is 5. The van der Waals surface area contributed by atoms with Crippen LogP contribution in [0.4, 0.5) is 0 Å². The SMILES string of the molecule is CCCC1CNC(C)(C)CN1Cc1cc(Br)ccc1OC. The lowest BCUT2D eigenvalue weighted by Gasteiger charge is -2.45. The van der Waals surface area contributed by atoms with E-state index in [-0.39, 0.29) is 5.54 Å². The van der Waals surface area contributed by atoms with Crippen LogP contribution in [0.1, 0.15) is 39.2 Å². The van der Waals surface area contributed by atoms with Gasteiger partial charge < -0.3 is 10.1 Å². The highest BCUT2D eigenvalue weighted by molar-refractivity contribution is 9.10. The molecule has 0 radical (unpaired) electrons. The van der Waals surface area contributed by atoms with Gasteiger partial charge in [-0.15, -0.1) is 0 Å². The molecule has 4 heteroatoms. The minimum absolute atomic E-state index is 0.170. The molecule has 1 saturated heterocycles. The monoisotopic (exact) mass is 354 g/mol. The van der Waals surface area contributed by atoms with E-state index in [1.807, 2.05) is 12.1 Å². The number of hydrogen-bond donors (Lipinski definition) is 1. The molecule has 3 nitrogen and oxygen atoms in total. The molecule has 0 aliphatic carbocycles. The molecule has 0 spiro atoms. The highest BCUT2D eigenvalue weighted by atomic mass is 79.9. The maximum Gasteiger partial charge on any atom is 0.123 e. The zero-order valence-corrected chi connectivity index (χ0v) is 15.2. The van der Waals surface area contributed by atoms with E-state index >= 15 is 0 Å². The van der Waals surface area contributed by atoms with Crippen LogP contribution >= 0.6 is 15.9 Å². The van der Waals surface area contributed by atoms with Gasteiger partial charge in [-0.3, -0.25) is 4.90 Å². The molecule has 1 aromatic carbocycles. The Bertz CT molecular complexity index is 476. The van der Waals surface area contributed by atoms with E-state index in [2.05, 4.69) is 53.0 Å². The number of piperazine rings is 1. The third kappa shape index (κ3) is 4.44. The summed E-state index contributed by atoms with van der Waals surface area (Å²) in [6.07, 6.45) is 2.46. The highest BCUT2D eigenvalue weighted by Crippen LogP contribution is 2.27. The summed E-state index contributed by atoms with van der Waals surface area (Å²) >= 11 is 3.57. The third-order valence-electron chi connectivity index (χ3n) is 4.17. The molecule has 1 aliphatic rings. The van der Waals surface area contributed by atoms with Crippen LogP contribution in [0.15, 0.2) is 22.7 Å². The fraction of sp³-hybridized carbons (Fsp3) is 0.647. The van der Waals surface area contributed by atoms with Crippen molar-refractivity contribution >= 4 is 15.9 Å². The van der Waals surface area contributed by atoms with Gasteiger partial charge in [-0.25, -0.2) is 0 Å². The van der Waals surface area contributed by atoms with Crippen LogP contribution in [-0.4, -0.2) is 36.7 Å². The van der Waals surface area contributed by atoms with Crippen LogP contribution in [0.3, 0.4) is 0 Å². The van der Waals surface area contributed by atoms with Crippen molar-refractivity contribution in [3.8, 4) is 5.75 Å². The fourth-order valence-electron chi connectivity index (χ4n) is 3.11. The Morgan fingerprint density at radius 2 is 2.19 bits per heavy atom. The van der Waals surface area contributed by atoms with Gasteiger partial charge in [0.05, 0.1) is 7.11 Å². The lowest BCUT2D eigenvalue weighted by atomic mass is 9.96. The van der Waals surface area contributed by atoms with Gasteiger partial charge in [-0.05, 0) is 38.5 Å². The standard InChI is InChI=1S/C17H27BrN2O/c1-5-6-15-10-19-17(2,3)12-20(15)11-13-9-14(18)7-8-16(13)21-4/h7-9,15,19H,5-6,10-12H2,1-4H3. The lowest BCUT2D eigenvalue weighted by Crippen LogP contribution is -2.61. The van der Waals surface area contributed by atoms with E-state index in [1.165, 1.54) is 18.4 Å². The van der Waals surface area contributed by atoms with Crippen LogP contribution in [0.2, 0.25) is 0 Å². The second-order valence-electron chi connectivity index (χ2n) is 6.57. The van der Waals surface area contributed by atoms with Crippen molar-refractivity contribution in [1.29, 1.82) is 0 Å². The average Bonchev–Trinajstić information content (AvgIpc) is 2.42. The maximum atomic E-state index is 5.53. The zero-order chi connectivity index (χ0) is 15.5. The lowest BCUT2D eigenvalue weighted by molar-refractivity contribution is 0.0819. The number of halogens is 1. The molecule has 1 atom stereocenters. The third-order valence-corrected chi connectivity index (χ3v) is 4.66. The summed E-state index contributed by atoms with van der Waals surface area (Å²) in [6, 6.07) is 6.86. The first-order valence-corrected chi connectivity index (χ1v) is 8.56. The summed E-state index contributed by atoms with van der Waals surface area (Å²) < 4.78 is 6.64. The molecule has 2 rings (SSSR count). The van der Waals surface area contributed by atoms with Gasteiger partial charge >= 0.3 is 0 Å². The van der Waals surface area contributed by atoms with Crippen LogP contribution in [0.25, 0.3) is 0 Å². The van der Waals surface area contributed by atoms with Crippen LogP contribution in [-0.2, 0) is 6.54 Å². The van der Waals surface area contributed by atoms with Crippen molar-refractivity contribution in [1.82, 2.24) is 10.2 Å². The van der Waals surface area contributed by atoms with E-state index in [9.17, 15) is 0 Å². The number of ether oxygens (including phenoxy) is 1. The van der Waals surface area contributed by atoms with Gasteiger partial charge in [0.1, 0.15) is 5.75 Å². The summed E-state index contributed by atoms with van der Waals surface area (Å²) in [5.41, 5.74) is 1.43. The van der Waals surface area contributed by atoms with Crippen molar-refractivity contribution in [3.05, 3.63) is 28.2 Å². The van der Waals surface area contributed by atoms with Crippen molar-refractivity contribution in [2.75, 3.05) is 20.2 Å². The zero-order valence-electron chi connectivity index (χ0n) is 13.6. The Labute approximate surface area is 137 Å². The Hall–Kier alpha value is -0.580. The predicted molar refractivity (Wildman–Crippen MR) is 91.9 cm³/mol. The molecule has 0 bridgehead atoms. The van der Waals surface area contributed by atoms with Crippen molar-refractivity contribution in [3.63, 3.8) is 0 Å². The fourth-order valence-corrected chi connectivity index (χ4v) is 3.52. The molecule has 1 N–H and O–H groups in total. The molecule has 118 valence electrons. The summed E-state index contributed by atoms with van der Waals surface area (Å²) in [6.45, 7) is 9.89. The number of methoxy groups -OCH3 is 1. The summed E-state index contributed by atoms with van der Waals surface area (Å²) in [4.78, 5) is 2.60. The first-order chi connectivity index (χ1) is 9.95. The second-order valence-corrected chi connectivity index (χ2v) is 7.48. The normalized spacial score (nSPS) is 22.2. The molecular formula is C17H27BrN2O. The van der Waals surface area contributed by atoms with Gasteiger partial charge in [0.25, 0.3) is 0 Å². The first-order valence-electron chi connectivity index (χ1n) is 7.76. The predicted octanol–water partition coefficient (Wildman–Crippen LogP) is 3.81. The van der Waals surface area contributed by atoms with E-state index in [1.54, 1.807) is 7.11 Å². The maximum absolute atomic E-state index is 5.53. The molecule has 1 aliphatic heterocycles. The smallest absolute Gasteiger partial charge is 0.123 e. The first kappa shape index (κ1) is 16.8. The molecule has 0 amide bonds. The van der Waals surface area contributed by atoms with Gasteiger partial charge in [0, 0.05) is 41.3 Å². The van der Waals surface area contributed by atoms with E-state index in [0.29, 0.717) is 6.04 Å². The Balaban J connectivity index is 2.19. The molecule has 1 fully saturated rings. The molecule has 0 aromatic heterocycles. The Kier molecular flexibility index (Phi) is 5.69. The van der Waals surface area contributed by atoms with Crippen LogP contribution in [0.5, 0.6) is 5.75 Å². The van der Waals surface area contributed by atoms with Crippen molar-refractivity contribution in [2.45, 2.75) is 51.7 Å². The number of nitrogens with zero attached hydrogens (tertiary/aromatic N) is 1. The Morgan fingerprint density at radius 1 is 1.43 bits per heavy atom. The van der Waals surface area contributed by atoms with Crippen molar-refractivity contribution in [2.24, 2.45) is 0 Å². The topological polar surface area (TPSA) is 24.5 Å². The molecular weight excluding hydrogens is 328 g/mol. The van der Waals surface area contributed by atoms with Gasteiger partial charge in [-0.1, -0.05) is 29.3 Å². The average molecular weight is 355 g/mol. The van der Waals surface area contributed by atoms with Gasteiger partial charge in [-0.2, -0.15) is 0 Å². The summed E-state index contributed by atoms with van der Waals surface area (Å²) in [7, 11) is 1.75. The van der Waals surface area contributed by atoms with E-state index in [4.69, 9.17) is 4.74 Å². The van der Waals surface area contributed by atoms with Crippen LogP contribution < -0.4 is 10.1 Å².